The van der Waals surface area contributed by atoms with Gasteiger partial charge in [0.15, 0.2) is 0 Å². The lowest BCUT2D eigenvalue weighted by Crippen LogP contribution is -2.48. The van der Waals surface area contributed by atoms with E-state index in [4.69, 9.17) is 10.6 Å². The molecule has 1 saturated carbocycles. The van der Waals surface area contributed by atoms with E-state index in [0.29, 0.717) is 18.8 Å². The average Bonchev–Trinajstić information content (AvgIpc) is 2.17. The summed E-state index contributed by atoms with van der Waals surface area (Å²) in [6.07, 6.45) is 2.45. The molecule has 2 rings (SSSR count). The van der Waals surface area contributed by atoms with Crippen molar-refractivity contribution in [2.24, 2.45) is 5.84 Å². The molecule has 3 nitrogen and oxygen atoms in total. The maximum absolute atomic E-state index is 5.70. The van der Waals surface area contributed by atoms with Crippen LogP contribution in [0, 0.1) is 0 Å². The van der Waals surface area contributed by atoms with Crippen molar-refractivity contribution in [2.45, 2.75) is 31.6 Å². The summed E-state index contributed by atoms with van der Waals surface area (Å²) in [6.45, 7) is 0.711. The van der Waals surface area contributed by atoms with Gasteiger partial charge in [0.25, 0.3) is 0 Å². The summed E-state index contributed by atoms with van der Waals surface area (Å²) < 4.78 is 5.70. The van der Waals surface area contributed by atoms with E-state index in [1.165, 1.54) is 5.56 Å². The van der Waals surface area contributed by atoms with Gasteiger partial charge in [-0.25, -0.2) is 0 Å². The summed E-state index contributed by atoms with van der Waals surface area (Å²) >= 11 is 0. The van der Waals surface area contributed by atoms with Gasteiger partial charge in [-0.15, -0.1) is 0 Å². The van der Waals surface area contributed by atoms with Crippen LogP contribution in [0.4, 0.5) is 0 Å². The fourth-order valence-corrected chi connectivity index (χ4v) is 1.63. The molecule has 1 aromatic rings. The third kappa shape index (κ3) is 2.32. The van der Waals surface area contributed by atoms with Gasteiger partial charge in [0.1, 0.15) is 0 Å². The van der Waals surface area contributed by atoms with Crippen molar-refractivity contribution in [3.63, 3.8) is 0 Å². The quantitative estimate of drug-likeness (QED) is 0.556. The van der Waals surface area contributed by atoms with Gasteiger partial charge >= 0.3 is 0 Å². The Bertz CT molecular complexity index is 270. The van der Waals surface area contributed by atoms with Crippen LogP contribution in [-0.4, -0.2) is 12.1 Å². The molecule has 0 spiro atoms. The van der Waals surface area contributed by atoms with Gasteiger partial charge < -0.3 is 4.74 Å². The van der Waals surface area contributed by atoms with Gasteiger partial charge in [0, 0.05) is 6.04 Å². The zero-order chi connectivity index (χ0) is 9.80. The van der Waals surface area contributed by atoms with E-state index >= 15 is 0 Å². The summed E-state index contributed by atoms with van der Waals surface area (Å²) in [5.41, 5.74) is 3.98. The Morgan fingerprint density at radius 2 is 2.00 bits per heavy atom. The monoisotopic (exact) mass is 192 g/mol. The van der Waals surface area contributed by atoms with Crippen LogP contribution in [0.1, 0.15) is 18.4 Å². The molecule has 0 radical (unpaired) electrons. The number of ether oxygens (including phenoxy) is 1. The van der Waals surface area contributed by atoms with Crippen LogP contribution < -0.4 is 11.3 Å². The summed E-state index contributed by atoms with van der Waals surface area (Å²) in [7, 11) is 0. The van der Waals surface area contributed by atoms with Crippen LogP contribution in [0.3, 0.4) is 0 Å². The Hall–Kier alpha value is -0.900. The van der Waals surface area contributed by atoms with Gasteiger partial charge in [0.05, 0.1) is 12.7 Å². The number of hydrogen-bond donors (Lipinski definition) is 2. The molecule has 0 heterocycles. The van der Waals surface area contributed by atoms with Crippen LogP contribution in [0.15, 0.2) is 30.3 Å². The van der Waals surface area contributed by atoms with Gasteiger partial charge in [-0.05, 0) is 18.4 Å². The highest BCUT2D eigenvalue weighted by atomic mass is 16.5. The molecule has 0 bridgehead atoms. The van der Waals surface area contributed by atoms with Crippen LogP contribution in [0.5, 0.6) is 0 Å². The van der Waals surface area contributed by atoms with E-state index in [-0.39, 0.29) is 0 Å². The van der Waals surface area contributed by atoms with E-state index in [1.54, 1.807) is 0 Å². The largest absolute Gasteiger partial charge is 0.373 e. The molecule has 0 atom stereocenters. The summed E-state index contributed by atoms with van der Waals surface area (Å²) in [4.78, 5) is 0. The SMILES string of the molecule is NN[C@H]1C[C@@H](OCc2ccccc2)C1. The highest BCUT2D eigenvalue weighted by molar-refractivity contribution is 5.13. The fourth-order valence-electron chi connectivity index (χ4n) is 1.63. The molecule has 1 aliphatic carbocycles. The van der Waals surface area contributed by atoms with Crippen LogP contribution in [-0.2, 0) is 11.3 Å². The van der Waals surface area contributed by atoms with Gasteiger partial charge in [-0.3, -0.25) is 11.3 Å². The van der Waals surface area contributed by atoms with Crippen molar-refractivity contribution in [1.29, 1.82) is 0 Å². The maximum Gasteiger partial charge on any atom is 0.0720 e. The minimum Gasteiger partial charge on any atom is -0.373 e. The standard InChI is InChI=1S/C11H16N2O/c12-13-10-6-11(7-10)14-8-9-4-2-1-3-5-9/h1-5,10-11,13H,6-8,12H2/t10-,11+. The zero-order valence-corrected chi connectivity index (χ0v) is 8.15. The maximum atomic E-state index is 5.70. The minimum absolute atomic E-state index is 0.385. The molecule has 76 valence electrons. The molecular formula is C11H16N2O. The molecule has 1 aromatic carbocycles. The highest BCUT2D eigenvalue weighted by Crippen LogP contribution is 2.23. The lowest BCUT2D eigenvalue weighted by molar-refractivity contribution is -0.0265. The van der Waals surface area contributed by atoms with E-state index in [1.807, 2.05) is 18.2 Å². The lowest BCUT2D eigenvalue weighted by atomic mass is 9.90. The Balaban J connectivity index is 1.69. The lowest BCUT2D eigenvalue weighted by Gasteiger charge is -2.34. The van der Waals surface area contributed by atoms with Crippen molar-refractivity contribution < 1.29 is 4.74 Å². The Morgan fingerprint density at radius 1 is 1.29 bits per heavy atom. The summed E-state index contributed by atoms with van der Waals surface area (Å²) in [5.74, 6) is 5.30. The first-order valence-electron chi connectivity index (χ1n) is 5.00. The van der Waals surface area contributed by atoms with Crippen LogP contribution >= 0.6 is 0 Å². The zero-order valence-electron chi connectivity index (χ0n) is 8.15. The van der Waals surface area contributed by atoms with E-state index in [9.17, 15) is 0 Å². The average molecular weight is 192 g/mol. The fraction of sp³-hybridized carbons (Fsp3) is 0.455. The molecule has 1 fully saturated rings. The second-order valence-corrected chi connectivity index (χ2v) is 3.75. The molecule has 0 aromatic heterocycles. The number of hydrogen-bond acceptors (Lipinski definition) is 3. The first-order valence-corrected chi connectivity index (χ1v) is 5.00. The highest BCUT2D eigenvalue weighted by Gasteiger charge is 2.28. The molecule has 0 unspecified atom stereocenters. The summed E-state index contributed by atoms with van der Waals surface area (Å²) in [5, 5.41) is 0. The predicted molar refractivity (Wildman–Crippen MR) is 55.4 cm³/mol. The smallest absolute Gasteiger partial charge is 0.0720 e. The van der Waals surface area contributed by atoms with Crippen molar-refractivity contribution in [1.82, 2.24) is 5.43 Å². The molecule has 0 amide bonds. The van der Waals surface area contributed by atoms with Gasteiger partial charge in [-0.2, -0.15) is 0 Å². The first-order chi connectivity index (χ1) is 6.88. The number of nitrogens with one attached hydrogen (secondary N) is 1. The minimum atomic E-state index is 0.385. The second-order valence-electron chi connectivity index (χ2n) is 3.75. The van der Waals surface area contributed by atoms with Gasteiger partial charge in [0.2, 0.25) is 0 Å². The molecule has 0 aliphatic heterocycles. The number of rotatable bonds is 4. The van der Waals surface area contributed by atoms with Crippen molar-refractivity contribution in [3.05, 3.63) is 35.9 Å². The van der Waals surface area contributed by atoms with E-state index in [0.717, 1.165) is 12.8 Å². The topological polar surface area (TPSA) is 47.3 Å². The molecule has 3 heteroatoms. The number of nitrogens with two attached hydrogens (primary N) is 1. The third-order valence-corrected chi connectivity index (χ3v) is 2.66. The van der Waals surface area contributed by atoms with Gasteiger partial charge in [-0.1, -0.05) is 30.3 Å². The van der Waals surface area contributed by atoms with Crippen molar-refractivity contribution >= 4 is 0 Å². The summed E-state index contributed by atoms with van der Waals surface area (Å²) in [6, 6.07) is 10.7. The predicted octanol–water partition coefficient (Wildman–Crippen LogP) is 1.20. The molecule has 1 aliphatic rings. The molecule has 3 N–H and O–H groups in total. The molecule has 14 heavy (non-hydrogen) atoms. The third-order valence-electron chi connectivity index (χ3n) is 2.66. The molecular weight excluding hydrogens is 176 g/mol. The Kier molecular flexibility index (Phi) is 3.14. The van der Waals surface area contributed by atoms with E-state index in [2.05, 4.69) is 17.6 Å². The Morgan fingerprint density at radius 3 is 2.64 bits per heavy atom. The molecule has 0 saturated heterocycles. The van der Waals surface area contributed by atoms with Crippen LogP contribution in [0.2, 0.25) is 0 Å². The first kappa shape index (κ1) is 9.65. The van der Waals surface area contributed by atoms with Crippen LogP contribution in [0.25, 0.3) is 0 Å². The van der Waals surface area contributed by atoms with E-state index < -0.39 is 0 Å². The Labute approximate surface area is 84.2 Å². The van der Waals surface area contributed by atoms with Crippen molar-refractivity contribution in [2.75, 3.05) is 0 Å². The normalized spacial score (nSPS) is 25.8. The number of benzene rings is 1. The number of hydrazine groups is 1. The second kappa shape index (κ2) is 4.55. The van der Waals surface area contributed by atoms with Crippen molar-refractivity contribution in [3.8, 4) is 0 Å².